The van der Waals surface area contributed by atoms with Gasteiger partial charge in [-0.05, 0) is 18.2 Å². The third-order valence-electron chi connectivity index (χ3n) is 1.83. The zero-order valence-corrected chi connectivity index (χ0v) is 7.91. The molecule has 0 radical (unpaired) electrons. The average molecular weight is 211 g/mol. The van der Waals surface area contributed by atoms with Crippen LogP contribution in [0.1, 0.15) is 16.2 Å². The van der Waals surface area contributed by atoms with Gasteiger partial charge in [0, 0.05) is 5.56 Å². The van der Waals surface area contributed by atoms with E-state index in [0.29, 0.717) is 22.6 Å². The van der Waals surface area contributed by atoms with Crippen molar-refractivity contribution < 1.29 is 9.21 Å². The highest BCUT2D eigenvalue weighted by Crippen LogP contribution is 2.17. The number of benzene rings is 1. The SMILES string of the molecule is NC(=O)c1ccc2nc(CCl)oc2c1. The van der Waals surface area contributed by atoms with E-state index in [-0.39, 0.29) is 5.88 Å². The minimum absolute atomic E-state index is 0.209. The number of carbonyl (C=O) groups excluding carboxylic acids is 1. The quantitative estimate of drug-likeness (QED) is 0.767. The molecule has 0 aliphatic heterocycles. The van der Waals surface area contributed by atoms with Crippen LogP contribution in [0.4, 0.5) is 0 Å². The number of amides is 1. The second-order valence-corrected chi connectivity index (χ2v) is 3.06. The van der Waals surface area contributed by atoms with Crippen LogP contribution in [-0.4, -0.2) is 10.9 Å². The van der Waals surface area contributed by atoms with Gasteiger partial charge < -0.3 is 10.2 Å². The maximum absolute atomic E-state index is 10.9. The second-order valence-electron chi connectivity index (χ2n) is 2.79. The first-order valence-corrected chi connectivity index (χ1v) is 4.49. The van der Waals surface area contributed by atoms with Crippen molar-refractivity contribution in [1.82, 2.24) is 4.98 Å². The number of hydrogen-bond donors (Lipinski definition) is 1. The van der Waals surface area contributed by atoms with Crippen LogP contribution in [0.15, 0.2) is 22.6 Å². The average Bonchev–Trinajstić information content (AvgIpc) is 2.58. The Bertz CT molecular complexity index is 493. The molecule has 2 rings (SSSR count). The number of fused-ring (bicyclic) bond motifs is 1. The molecule has 0 fully saturated rings. The molecular formula is C9H7ClN2O2. The minimum Gasteiger partial charge on any atom is -0.439 e. The highest BCUT2D eigenvalue weighted by atomic mass is 35.5. The fraction of sp³-hybridized carbons (Fsp3) is 0.111. The highest BCUT2D eigenvalue weighted by Gasteiger charge is 2.07. The Morgan fingerprint density at radius 2 is 2.36 bits per heavy atom. The molecule has 2 aromatic rings. The Morgan fingerprint density at radius 3 is 3.00 bits per heavy atom. The van der Waals surface area contributed by atoms with Crippen LogP contribution in [0.25, 0.3) is 11.1 Å². The van der Waals surface area contributed by atoms with Gasteiger partial charge in [-0.3, -0.25) is 4.79 Å². The third-order valence-corrected chi connectivity index (χ3v) is 2.06. The van der Waals surface area contributed by atoms with Crippen LogP contribution in [-0.2, 0) is 5.88 Å². The standard InChI is InChI=1S/C9H7ClN2O2/c10-4-8-12-6-2-1-5(9(11)13)3-7(6)14-8/h1-3H,4H2,(H2,11,13). The molecule has 0 unspecified atom stereocenters. The molecule has 0 aliphatic carbocycles. The van der Waals surface area contributed by atoms with Crippen LogP contribution in [0.5, 0.6) is 0 Å². The Morgan fingerprint density at radius 1 is 1.57 bits per heavy atom. The van der Waals surface area contributed by atoms with E-state index in [1.54, 1.807) is 18.2 Å². The van der Waals surface area contributed by atoms with E-state index in [9.17, 15) is 4.79 Å². The van der Waals surface area contributed by atoms with Crippen molar-refractivity contribution in [2.24, 2.45) is 5.73 Å². The van der Waals surface area contributed by atoms with Gasteiger partial charge in [0.15, 0.2) is 5.58 Å². The van der Waals surface area contributed by atoms with E-state index in [0.717, 1.165) is 0 Å². The largest absolute Gasteiger partial charge is 0.439 e. The molecule has 14 heavy (non-hydrogen) atoms. The van der Waals surface area contributed by atoms with Crippen LogP contribution in [0.3, 0.4) is 0 Å². The normalized spacial score (nSPS) is 10.6. The monoisotopic (exact) mass is 210 g/mol. The predicted octanol–water partition coefficient (Wildman–Crippen LogP) is 1.67. The van der Waals surface area contributed by atoms with Gasteiger partial charge in [-0.1, -0.05) is 0 Å². The summed E-state index contributed by atoms with van der Waals surface area (Å²) in [5, 5.41) is 0. The van der Waals surface area contributed by atoms with Gasteiger partial charge in [0.25, 0.3) is 0 Å². The summed E-state index contributed by atoms with van der Waals surface area (Å²) in [6, 6.07) is 4.83. The number of aromatic nitrogens is 1. The Kier molecular flexibility index (Phi) is 2.13. The first kappa shape index (κ1) is 9.02. The van der Waals surface area contributed by atoms with E-state index in [1.807, 2.05) is 0 Å². The lowest BCUT2D eigenvalue weighted by molar-refractivity contribution is 0.100. The fourth-order valence-electron chi connectivity index (χ4n) is 1.18. The first-order valence-electron chi connectivity index (χ1n) is 3.96. The smallest absolute Gasteiger partial charge is 0.248 e. The van der Waals surface area contributed by atoms with Crippen molar-refractivity contribution in [3.8, 4) is 0 Å². The summed E-state index contributed by atoms with van der Waals surface area (Å²) in [5.74, 6) is 0.152. The van der Waals surface area contributed by atoms with Crippen molar-refractivity contribution >= 4 is 28.6 Å². The lowest BCUT2D eigenvalue weighted by Crippen LogP contribution is -2.10. The molecule has 1 aromatic carbocycles. The molecule has 1 heterocycles. The second kappa shape index (κ2) is 3.31. The van der Waals surface area contributed by atoms with Crippen molar-refractivity contribution in [1.29, 1.82) is 0 Å². The maximum Gasteiger partial charge on any atom is 0.248 e. The summed E-state index contributed by atoms with van der Waals surface area (Å²) < 4.78 is 5.26. The molecule has 1 amide bonds. The third kappa shape index (κ3) is 1.44. The first-order chi connectivity index (χ1) is 6.70. The topological polar surface area (TPSA) is 69.1 Å². The summed E-state index contributed by atoms with van der Waals surface area (Å²) in [6.07, 6.45) is 0. The number of primary amides is 1. The van der Waals surface area contributed by atoms with Crippen molar-refractivity contribution in [3.63, 3.8) is 0 Å². The molecular weight excluding hydrogens is 204 g/mol. The number of carbonyl (C=O) groups is 1. The lowest BCUT2D eigenvalue weighted by Gasteiger charge is -1.92. The summed E-state index contributed by atoms with van der Waals surface area (Å²) in [6.45, 7) is 0. The molecule has 2 N–H and O–H groups in total. The minimum atomic E-state index is -0.490. The van der Waals surface area contributed by atoms with Gasteiger partial charge in [0.05, 0.1) is 5.88 Å². The van der Waals surface area contributed by atoms with E-state index in [2.05, 4.69) is 4.98 Å². The number of nitrogens with two attached hydrogens (primary N) is 1. The Labute approximate surface area is 84.7 Å². The molecule has 5 heteroatoms. The summed E-state index contributed by atoms with van der Waals surface area (Å²) in [4.78, 5) is 14.9. The number of rotatable bonds is 2. The molecule has 0 bridgehead atoms. The van der Waals surface area contributed by atoms with Gasteiger partial charge in [0.2, 0.25) is 11.8 Å². The lowest BCUT2D eigenvalue weighted by atomic mass is 10.2. The van der Waals surface area contributed by atoms with Crippen LogP contribution in [0, 0.1) is 0 Å². The van der Waals surface area contributed by atoms with Crippen LogP contribution < -0.4 is 5.73 Å². The number of hydrogen-bond acceptors (Lipinski definition) is 3. The molecule has 72 valence electrons. The molecule has 4 nitrogen and oxygen atoms in total. The van der Waals surface area contributed by atoms with E-state index < -0.39 is 5.91 Å². The van der Waals surface area contributed by atoms with Crippen molar-refractivity contribution in [2.45, 2.75) is 5.88 Å². The Balaban J connectivity index is 2.59. The van der Waals surface area contributed by atoms with Crippen LogP contribution in [0.2, 0.25) is 0 Å². The number of oxazole rings is 1. The van der Waals surface area contributed by atoms with Crippen molar-refractivity contribution in [3.05, 3.63) is 29.7 Å². The molecule has 0 atom stereocenters. The van der Waals surface area contributed by atoms with Crippen molar-refractivity contribution in [2.75, 3.05) is 0 Å². The molecule has 0 saturated heterocycles. The molecule has 0 saturated carbocycles. The van der Waals surface area contributed by atoms with Gasteiger partial charge in [-0.25, -0.2) is 4.98 Å². The molecule has 1 aromatic heterocycles. The summed E-state index contributed by atoms with van der Waals surface area (Å²) in [7, 11) is 0. The Hall–Kier alpha value is -1.55. The molecule has 0 spiro atoms. The number of halogens is 1. The van der Waals surface area contributed by atoms with E-state index >= 15 is 0 Å². The molecule has 0 aliphatic rings. The van der Waals surface area contributed by atoms with Gasteiger partial charge in [-0.2, -0.15) is 0 Å². The summed E-state index contributed by atoms with van der Waals surface area (Å²) in [5.41, 5.74) is 6.71. The van der Waals surface area contributed by atoms with Gasteiger partial charge >= 0.3 is 0 Å². The summed E-state index contributed by atoms with van der Waals surface area (Å²) >= 11 is 5.55. The fourth-order valence-corrected chi connectivity index (χ4v) is 1.30. The van der Waals surface area contributed by atoms with E-state index in [1.165, 1.54) is 0 Å². The van der Waals surface area contributed by atoms with Gasteiger partial charge in [-0.15, -0.1) is 11.6 Å². The zero-order chi connectivity index (χ0) is 10.1. The van der Waals surface area contributed by atoms with E-state index in [4.69, 9.17) is 21.8 Å². The number of alkyl halides is 1. The zero-order valence-electron chi connectivity index (χ0n) is 7.16. The predicted molar refractivity (Wildman–Crippen MR) is 52.1 cm³/mol. The van der Waals surface area contributed by atoms with Gasteiger partial charge in [0.1, 0.15) is 5.52 Å². The maximum atomic E-state index is 10.9. The number of nitrogens with zero attached hydrogens (tertiary/aromatic N) is 1. The highest BCUT2D eigenvalue weighted by molar-refractivity contribution is 6.16. The van der Waals surface area contributed by atoms with Crippen LogP contribution >= 0.6 is 11.6 Å².